The molecule has 0 saturated heterocycles. The molecule has 0 spiro atoms. The van der Waals surface area contributed by atoms with Crippen molar-refractivity contribution in [1.29, 1.82) is 0 Å². The van der Waals surface area contributed by atoms with Gasteiger partial charge in [0.2, 0.25) is 11.8 Å². The quantitative estimate of drug-likeness (QED) is 0.875. The van der Waals surface area contributed by atoms with Crippen LogP contribution in [0.2, 0.25) is 5.02 Å². The van der Waals surface area contributed by atoms with Crippen molar-refractivity contribution >= 4 is 29.1 Å². The number of alkyl halides is 3. The molecule has 23 heavy (non-hydrogen) atoms. The molecule has 2 unspecified atom stereocenters. The molecule has 0 aliphatic heterocycles. The van der Waals surface area contributed by atoms with Crippen molar-refractivity contribution in [1.82, 2.24) is 5.32 Å². The number of rotatable bonds is 4. The lowest BCUT2D eigenvalue weighted by molar-refractivity contribution is -0.137. The van der Waals surface area contributed by atoms with E-state index >= 15 is 0 Å². The molecule has 2 amide bonds. The lowest BCUT2D eigenvalue weighted by atomic mass is 10.1. The molecular formula is C15H16ClF3N2O2. The second-order valence-corrected chi connectivity index (χ2v) is 6.23. The van der Waals surface area contributed by atoms with Gasteiger partial charge in [0, 0.05) is 11.1 Å². The molecule has 0 heterocycles. The third kappa shape index (κ3) is 4.37. The Labute approximate surface area is 136 Å². The predicted molar refractivity (Wildman–Crippen MR) is 80.0 cm³/mol. The van der Waals surface area contributed by atoms with Crippen LogP contribution < -0.4 is 10.6 Å². The van der Waals surface area contributed by atoms with E-state index in [0.717, 1.165) is 12.1 Å². The van der Waals surface area contributed by atoms with Crippen LogP contribution in [0.3, 0.4) is 0 Å². The maximum absolute atomic E-state index is 13.0. The minimum Gasteiger partial charge on any atom is -0.354 e. The van der Waals surface area contributed by atoms with Crippen molar-refractivity contribution in [3.05, 3.63) is 28.8 Å². The molecule has 2 N–H and O–H groups in total. The van der Waals surface area contributed by atoms with Crippen molar-refractivity contribution in [3.8, 4) is 0 Å². The zero-order valence-electron chi connectivity index (χ0n) is 12.5. The summed E-state index contributed by atoms with van der Waals surface area (Å²) in [5.74, 6) is -1.95. The maximum atomic E-state index is 13.0. The number of amides is 2. The number of anilines is 1. The van der Waals surface area contributed by atoms with E-state index in [2.05, 4.69) is 10.6 Å². The van der Waals surface area contributed by atoms with Gasteiger partial charge in [0.15, 0.2) is 0 Å². The van der Waals surface area contributed by atoms with E-state index in [0.29, 0.717) is 6.42 Å². The molecule has 0 aromatic heterocycles. The topological polar surface area (TPSA) is 58.2 Å². The molecule has 1 aromatic carbocycles. The minimum atomic E-state index is -4.63. The molecule has 8 heteroatoms. The number of halogens is 4. The van der Waals surface area contributed by atoms with E-state index < -0.39 is 29.5 Å². The van der Waals surface area contributed by atoms with E-state index in [9.17, 15) is 22.8 Å². The Morgan fingerprint density at radius 1 is 1.22 bits per heavy atom. The van der Waals surface area contributed by atoms with Crippen LogP contribution >= 0.6 is 11.6 Å². The SMILES string of the molecule is CC(C)NC(=O)C1CC1C(=O)Nc1ccc(Cl)cc1C(F)(F)F. The predicted octanol–water partition coefficient (Wildman–Crippen LogP) is 3.46. The van der Waals surface area contributed by atoms with Crippen LogP contribution in [-0.2, 0) is 15.8 Å². The summed E-state index contributed by atoms with van der Waals surface area (Å²) in [6.07, 6.45) is -4.30. The van der Waals surface area contributed by atoms with Gasteiger partial charge in [0.25, 0.3) is 0 Å². The molecule has 2 rings (SSSR count). The third-order valence-electron chi connectivity index (χ3n) is 3.44. The fourth-order valence-electron chi connectivity index (χ4n) is 2.25. The first-order valence-electron chi connectivity index (χ1n) is 7.07. The van der Waals surface area contributed by atoms with E-state index in [1.165, 1.54) is 6.07 Å². The van der Waals surface area contributed by atoms with Gasteiger partial charge in [-0.3, -0.25) is 9.59 Å². The van der Waals surface area contributed by atoms with E-state index in [-0.39, 0.29) is 22.7 Å². The van der Waals surface area contributed by atoms with Crippen LogP contribution in [0.5, 0.6) is 0 Å². The van der Waals surface area contributed by atoms with Crippen LogP contribution in [0.15, 0.2) is 18.2 Å². The smallest absolute Gasteiger partial charge is 0.354 e. The molecular weight excluding hydrogens is 333 g/mol. The normalized spacial score (nSPS) is 20.3. The Bertz CT molecular complexity index is 632. The Balaban J connectivity index is 2.07. The summed E-state index contributed by atoms with van der Waals surface area (Å²) in [7, 11) is 0. The fraction of sp³-hybridized carbons (Fsp3) is 0.467. The molecule has 1 aromatic rings. The summed E-state index contributed by atoms with van der Waals surface area (Å²) >= 11 is 5.58. The van der Waals surface area contributed by atoms with Crippen LogP contribution in [0.25, 0.3) is 0 Å². The molecule has 1 aliphatic carbocycles. The first-order chi connectivity index (χ1) is 10.6. The van der Waals surface area contributed by atoms with Gasteiger partial charge < -0.3 is 10.6 Å². The molecule has 1 aliphatic rings. The van der Waals surface area contributed by atoms with Crippen molar-refractivity contribution in [2.45, 2.75) is 32.5 Å². The Morgan fingerprint density at radius 2 is 1.83 bits per heavy atom. The Morgan fingerprint density at radius 3 is 2.39 bits per heavy atom. The summed E-state index contributed by atoms with van der Waals surface area (Å²) in [5.41, 5.74) is -1.37. The summed E-state index contributed by atoms with van der Waals surface area (Å²) in [6.45, 7) is 3.58. The van der Waals surface area contributed by atoms with Crippen LogP contribution in [0.1, 0.15) is 25.8 Å². The molecule has 126 valence electrons. The van der Waals surface area contributed by atoms with Crippen molar-refractivity contribution in [3.63, 3.8) is 0 Å². The maximum Gasteiger partial charge on any atom is 0.418 e. The van der Waals surface area contributed by atoms with Crippen molar-refractivity contribution < 1.29 is 22.8 Å². The third-order valence-corrected chi connectivity index (χ3v) is 3.67. The Kier molecular flexibility index (Phi) is 4.89. The average molecular weight is 349 g/mol. The largest absolute Gasteiger partial charge is 0.418 e. The molecule has 1 fully saturated rings. The van der Waals surface area contributed by atoms with Gasteiger partial charge in [-0.25, -0.2) is 0 Å². The van der Waals surface area contributed by atoms with Gasteiger partial charge in [0.1, 0.15) is 0 Å². The van der Waals surface area contributed by atoms with E-state index in [1.54, 1.807) is 13.8 Å². The highest BCUT2D eigenvalue weighted by Crippen LogP contribution is 2.41. The van der Waals surface area contributed by atoms with Crippen molar-refractivity contribution in [2.75, 3.05) is 5.32 Å². The zero-order valence-corrected chi connectivity index (χ0v) is 13.3. The molecule has 0 radical (unpaired) electrons. The van der Waals surface area contributed by atoms with Gasteiger partial charge in [-0.05, 0) is 38.5 Å². The molecule has 0 bridgehead atoms. The molecule has 2 atom stereocenters. The van der Waals surface area contributed by atoms with Crippen LogP contribution in [0.4, 0.5) is 18.9 Å². The summed E-state index contributed by atoms with van der Waals surface area (Å²) in [6, 6.07) is 3.07. The van der Waals surface area contributed by atoms with E-state index in [1.807, 2.05) is 0 Å². The first-order valence-corrected chi connectivity index (χ1v) is 7.45. The summed E-state index contributed by atoms with van der Waals surface area (Å²) < 4.78 is 38.9. The zero-order chi connectivity index (χ0) is 17.4. The van der Waals surface area contributed by atoms with Crippen LogP contribution in [0, 0.1) is 11.8 Å². The molecule has 1 saturated carbocycles. The minimum absolute atomic E-state index is 0.0556. The summed E-state index contributed by atoms with van der Waals surface area (Å²) in [4.78, 5) is 23.8. The number of benzene rings is 1. The Hall–Kier alpha value is -1.76. The highest BCUT2D eigenvalue weighted by atomic mass is 35.5. The number of nitrogens with one attached hydrogen (secondary N) is 2. The number of hydrogen-bond donors (Lipinski definition) is 2. The monoisotopic (exact) mass is 348 g/mol. The lowest BCUT2D eigenvalue weighted by Gasteiger charge is -2.14. The lowest BCUT2D eigenvalue weighted by Crippen LogP contribution is -2.32. The molecule has 4 nitrogen and oxygen atoms in total. The van der Waals surface area contributed by atoms with Gasteiger partial charge >= 0.3 is 6.18 Å². The summed E-state index contributed by atoms with van der Waals surface area (Å²) in [5, 5.41) is 4.85. The number of carbonyl (C=O) groups is 2. The van der Waals surface area contributed by atoms with E-state index in [4.69, 9.17) is 11.6 Å². The number of carbonyl (C=O) groups excluding carboxylic acids is 2. The van der Waals surface area contributed by atoms with Gasteiger partial charge in [-0.1, -0.05) is 11.6 Å². The highest BCUT2D eigenvalue weighted by molar-refractivity contribution is 6.30. The fourth-order valence-corrected chi connectivity index (χ4v) is 2.42. The second kappa shape index (κ2) is 6.39. The standard InChI is InChI=1S/C15H16ClF3N2O2/c1-7(2)20-13(22)9-6-10(9)14(23)21-12-4-3-8(16)5-11(12)15(17,18)19/h3-5,7,9-10H,6H2,1-2H3,(H,20,22)(H,21,23). The number of hydrogen-bond acceptors (Lipinski definition) is 2. The van der Waals surface area contributed by atoms with Gasteiger partial charge in [-0.2, -0.15) is 13.2 Å². The second-order valence-electron chi connectivity index (χ2n) is 5.79. The van der Waals surface area contributed by atoms with Gasteiger partial charge in [-0.15, -0.1) is 0 Å². The van der Waals surface area contributed by atoms with Crippen molar-refractivity contribution in [2.24, 2.45) is 11.8 Å². The average Bonchev–Trinajstić information content (AvgIpc) is 3.19. The van der Waals surface area contributed by atoms with Crippen LogP contribution in [-0.4, -0.2) is 17.9 Å². The highest BCUT2D eigenvalue weighted by Gasteiger charge is 2.48. The van der Waals surface area contributed by atoms with Gasteiger partial charge in [0.05, 0.1) is 23.1 Å². The first kappa shape index (κ1) is 17.6.